The number of piperidine rings is 1. The highest BCUT2D eigenvalue weighted by molar-refractivity contribution is 7.14. The Morgan fingerprint density at radius 2 is 1.85 bits per heavy atom. The number of amides is 2. The van der Waals surface area contributed by atoms with Gasteiger partial charge in [0.2, 0.25) is 11.8 Å². The summed E-state index contributed by atoms with van der Waals surface area (Å²) in [6.45, 7) is 5.79. The van der Waals surface area contributed by atoms with Gasteiger partial charge in [0.15, 0.2) is 5.78 Å². The lowest BCUT2D eigenvalue weighted by Gasteiger charge is -2.19. The minimum Gasteiger partial charge on any atom is -0.291 e. The second-order valence-corrected chi connectivity index (χ2v) is 7.25. The van der Waals surface area contributed by atoms with Gasteiger partial charge in [-0.3, -0.25) is 19.3 Å². The van der Waals surface area contributed by atoms with E-state index < -0.39 is 0 Å². The number of hydrogen-bond donors (Lipinski definition) is 0. The normalized spacial score (nSPS) is 26.9. The van der Waals surface area contributed by atoms with Crippen molar-refractivity contribution in [1.82, 2.24) is 4.90 Å². The van der Waals surface area contributed by atoms with Crippen molar-refractivity contribution in [3.8, 4) is 0 Å². The van der Waals surface area contributed by atoms with E-state index in [9.17, 15) is 14.4 Å². The fraction of sp³-hybridized carbons (Fsp3) is 0.533. The van der Waals surface area contributed by atoms with E-state index >= 15 is 0 Å². The van der Waals surface area contributed by atoms with E-state index in [4.69, 9.17) is 0 Å². The van der Waals surface area contributed by atoms with Crippen molar-refractivity contribution in [2.24, 2.45) is 17.3 Å². The lowest BCUT2D eigenvalue weighted by atomic mass is 10.1. The summed E-state index contributed by atoms with van der Waals surface area (Å²) in [6.07, 6.45) is 0.887. The van der Waals surface area contributed by atoms with Crippen LogP contribution in [0.1, 0.15) is 35.3 Å². The Kier molecular flexibility index (Phi) is 2.87. The molecule has 4 nitrogen and oxygen atoms in total. The molecule has 20 heavy (non-hydrogen) atoms. The predicted molar refractivity (Wildman–Crippen MR) is 75.5 cm³/mol. The second-order valence-electron chi connectivity index (χ2n) is 6.08. The van der Waals surface area contributed by atoms with Crippen molar-refractivity contribution >= 4 is 28.9 Å². The van der Waals surface area contributed by atoms with Gasteiger partial charge in [-0.05, 0) is 24.0 Å². The Labute approximate surface area is 121 Å². The standard InChI is InChI=1S/C15H17NO3S/c1-4-8-5-6-10(20-8)9(17)7-16-13(18)11-12(14(16)19)15(11,2)3/h5-6,11-12H,4,7H2,1-3H3. The topological polar surface area (TPSA) is 54.5 Å². The predicted octanol–water partition coefficient (Wildman–Crippen LogP) is 2.13. The highest BCUT2D eigenvalue weighted by atomic mass is 32.1. The molecule has 1 aromatic rings. The molecule has 1 aliphatic heterocycles. The maximum Gasteiger partial charge on any atom is 0.234 e. The molecule has 5 heteroatoms. The van der Waals surface area contributed by atoms with Crippen molar-refractivity contribution in [2.45, 2.75) is 27.2 Å². The molecular formula is C15H17NO3S. The van der Waals surface area contributed by atoms with Crippen LogP contribution in [0.3, 0.4) is 0 Å². The molecule has 2 amide bonds. The highest BCUT2D eigenvalue weighted by Crippen LogP contribution is 2.63. The van der Waals surface area contributed by atoms with Crippen molar-refractivity contribution in [1.29, 1.82) is 0 Å². The van der Waals surface area contributed by atoms with Gasteiger partial charge in [-0.2, -0.15) is 0 Å². The number of carbonyl (C=O) groups excluding carboxylic acids is 3. The van der Waals surface area contributed by atoms with Crippen LogP contribution < -0.4 is 0 Å². The van der Waals surface area contributed by atoms with Crippen LogP contribution in [0.15, 0.2) is 12.1 Å². The molecule has 0 N–H and O–H groups in total. The van der Waals surface area contributed by atoms with Crippen molar-refractivity contribution in [3.63, 3.8) is 0 Å². The van der Waals surface area contributed by atoms with Gasteiger partial charge >= 0.3 is 0 Å². The number of Topliss-reactive ketones (excluding diaryl/α,β-unsaturated/α-hetero) is 1. The van der Waals surface area contributed by atoms with Gasteiger partial charge in [-0.1, -0.05) is 20.8 Å². The number of ketones is 1. The number of fused-ring (bicyclic) bond motifs is 1. The summed E-state index contributed by atoms with van der Waals surface area (Å²) in [5, 5.41) is 0. The minimum absolute atomic E-state index is 0.107. The molecule has 2 fully saturated rings. The largest absolute Gasteiger partial charge is 0.291 e. The zero-order valence-corrected chi connectivity index (χ0v) is 12.6. The van der Waals surface area contributed by atoms with Crippen LogP contribution in [0.2, 0.25) is 0 Å². The van der Waals surface area contributed by atoms with Crippen molar-refractivity contribution < 1.29 is 14.4 Å². The zero-order valence-electron chi connectivity index (χ0n) is 11.8. The fourth-order valence-electron chi connectivity index (χ4n) is 3.10. The smallest absolute Gasteiger partial charge is 0.234 e. The third-order valence-electron chi connectivity index (χ3n) is 4.48. The molecular weight excluding hydrogens is 274 g/mol. The third-order valence-corrected chi connectivity index (χ3v) is 5.75. The second kappa shape index (κ2) is 4.25. The minimum atomic E-state index is -0.216. The number of nitrogens with zero attached hydrogens (tertiary/aromatic N) is 1. The first kappa shape index (κ1) is 13.5. The van der Waals surface area contributed by atoms with Gasteiger partial charge in [0.25, 0.3) is 0 Å². The molecule has 2 atom stereocenters. The first-order chi connectivity index (χ1) is 9.37. The summed E-state index contributed by atoms with van der Waals surface area (Å²) in [5.74, 6) is -0.915. The Balaban J connectivity index is 1.72. The van der Waals surface area contributed by atoms with Crippen LogP contribution in [-0.4, -0.2) is 29.0 Å². The SMILES string of the molecule is CCc1ccc(C(=O)CN2C(=O)C3C(C2=O)C3(C)C)s1. The van der Waals surface area contributed by atoms with Crippen molar-refractivity contribution in [3.05, 3.63) is 21.9 Å². The van der Waals surface area contributed by atoms with E-state index in [0.29, 0.717) is 4.88 Å². The number of rotatable bonds is 4. The quantitative estimate of drug-likeness (QED) is 0.631. The molecule has 2 aliphatic rings. The van der Waals surface area contributed by atoms with Gasteiger partial charge in [-0.15, -0.1) is 11.3 Å². The molecule has 0 spiro atoms. The van der Waals surface area contributed by atoms with E-state index in [0.717, 1.165) is 16.2 Å². The number of hydrogen-bond acceptors (Lipinski definition) is 4. The van der Waals surface area contributed by atoms with Crippen LogP contribution in [-0.2, 0) is 16.0 Å². The fourth-order valence-corrected chi connectivity index (χ4v) is 3.98. The molecule has 1 saturated heterocycles. The average molecular weight is 291 g/mol. The number of thiophene rings is 1. The molecule has 1 aliphatic carbocycles. The summed E-state index contributed by atoms with van der Waals surface area (Å²) in [7, 11) is 0. The summed E-state index contributed by atoms with van der Waals surface area (Å²) >= 11 is 1.44. The van der Waals surface area contributed by atoms with E-state index in [1.165, 1.54) is 11.3 Å². The molecule has 2 unspecified atom stereocenters. The maximum atomic E-state index is 12.2. The van der Waals surface area contributed by atoms with E-state index in [-0.39, 0.29) is 41.4 Å². The molecule has 2 heterocycles. The molecule has 1 aromatic heterocycles. The highest BCUT2D eigenvalue weighted by Gasteiger charge is 2.72. The Bertz CT molecular complexity index is 592. The molecule has 1 saturated carbocycles. The number of imide groups is 1. The summed E-state index contributed by atoms with van der Waals surface area (Å²) in [6, 6.07) is 3.70. The molecule has 0 radical (unpaired) electrons. The maximum absolute atomic E-state index is 12.2. The molecule has 0 aromatic carbocycles. The van der Waals surface area contributed by atoms with Gasteiger partial charge in [0.05, 0.1) is 23.3 Å². The van der Waals surface area contributed by atoms with Crippen LogP contribution in [0.25, 0.3) is 0 Å². The first-order valence-electron chi connectivity index (χ1n) is 6.85. The summed E-state index contributed by atoms with van der Waals surface area (Å²) in [5.41, 5.74) is -0.216. The Hall–Kier alpha value is -1.49. The van der Waals surface area contributed by atoms with E-state index in [1.807, 2.05) is 26.8 Å². The number of carbonyl (C=O) groups is 3. The van der Waals surface area contributed by atoms with Crippen LogP contribution in [0, 0.1) is 17.3 Å². The molecule has 0 bridgehead atoms. The molecule has 106 valence electrons. The number of aryl methyl sites for hydroxylation is 1. The third kappa shape index (κ3) is 1.76. The monoisotopic (exact) mass is 291 g/mol. The lowest BCUT2D eigenvalue weighted by Crippen LogP contribution is -2.39. The van der Waals surface area contributed by atoms with Crippen LogP contribution in [0.4, 0.5) is 0 Å². The summed E-state index contributed by atoms with van der Waals surface area (Å²) < 4.78 is 0. The Morgan fingerprint density at radius 3 is 2.35 bits per heavy atom. The van der Waals surface area contributed by atoms with E-state index in [1.54, 1.807) is 6.07 Å². The zero-order chi connectivity index (χ0) is 14.7. The Morgan fingerprint density at radius 1 is 1.25 bits per heavy atom. The summed E-state index contributed by atoms with van der Waals surface area (Å²) in [4.78, 5) is 39.4. The van der Waals surface area contributed by atoms with Gasteiger partial charge in [0.1, 0.15) is 0 Å². The van der Waals surface area contributed by atoms with Gasteiger partial charge < -0.3 is 0 Å². The molecule has 3 rings (SSSR count). The lowest BCUT2D eigenvalue weighted by molar-refractivity contribution is -0.142. The first-order valence-corrected chi connectivity index (χ1v) is 7.66. The van der Waals surface area contributed by atoms with E-state index in [2.05, 4.69) is 0 Å². The van der Waals surface area contributed by atoms with Gasteiger partial charge in [0, 0.05) is 4.88 Å². The van der Waals surface area contributed by atoms with Crippen LogP contribution >= 0.6 is 11.3 Å². The van der Waals surface area contributed by atoms with Gasteiger partial charge in [-0.25, -0.2) is 0 Å². The van der Waals surface area contributed by atoms with Crippen LogP contribution in [0.5, 0.6) is 0 Å². The average Bonchev–Trinajstić information content (AvgIpc) is 2.75. The number of likely N-dealkylation sites (tertiary alicyclic amines) is 1. The van der Waals surface area contributed by atoms with Crippen molar-refractivity contribution in [2.75, 3.05) is 6.54 Å².